The second-order valence-electron chi connectivity index (χ2n) is 6.54. The van der Waals surface area contributed by atoms with Crippen molar-refractivity contribution < 1.29 is 14.7 Å². The van der Waals surface area contributed by atoms with Crippen LogP contribution in [0.15, 0.2) is 0 Å². The van der Waals surface area contributed by atoms with E-state index in [1.165, 1.54) is 0 Å². The number of likely N-dealkylation sites (tertiary alicyclic amines) is 1. The SMILES string of the molecule is CN(C(=O)CN1CCCC(C)(C)C1C(=O)O)C1CC1. The van der Waals surface area contributed by atoms with Crippen LogP contribution < -0.4 is 0 Å². The highest BCUT2D eigenvalue weighted by atomic mass is 16.4. The largest absolute Gasteiger partial charge is 0.480 e. The third-order valence-corrected chi connectivity index (χ3v) is 4.43. The number of likely N-dealkylation sites (N-methyl/N-ethyl adjacent to an activating group) is 1. The zero-order valence-corrected chi connectivity index (χ0v) is 12.1. The predicted molar refractivity (Wildman–Crippen MR) is 71.8 cm³/mol. The number of carboxylic acids is 1. The Hall–Kier alpha value is -1.10. The van der Waals surface area contributed by atoms with Crippen molar-refractivity contribution in [1.82, 2.24) is 9.80 Å². The molecule has 0 radical (unpaired) electrons. The Morgan fingerprint density at radius 1 is 1.37 bits per heavy atom. The summed E-state index contributed by atoms with van der Waals surface area (Å²) in [6.45, 7) is 4.89. The summed E-state index contributed by atoms with van der Waals surface area (Å²) in [4.78, 5) is 27.3. The molecule has 0 aromatic carbocycles. The fourth-order valence-electron chi connectivity index (χ4n) is 3.11. The maximum Gasteiger partial charge on any atom is 0.321 e. The quantitative estimate of drug-likeness (QED) is 0.832. The number of carbonyl (C=O) groups excluding carboxylic acids is 1. The summed E-state index contributed by atoms with van der Waals surface area (Å²) < 4.78 is 0. The van der Waals surface area contributed by atoms with E-state index in [0.29, 0.717) is 12.6 Å². The summed E-state index contributed by atoms with van der Waals surface area (Å²) in [5.74, 6) is -0.766. The molecule has 1 unspecified atom stereocenters. The Kier molecular flexibility index (Phi) is 3.85. The summed E-state index contributed by atoms with van der Waals surface area (Å²) in [5.41, 5.74) is -0.275. The third kappa shape index (κ3) is 3.08. The van der Waals surface area contributed by atoms with Gasteiger partial charge in [0.1, 0.15) is 6.04 Å². The highest BCUT2D eigenvalue weighted by molar-refractivity contribution is 5.80. The standard InChI is InChI=1S/C14H24N2O3/c1-14(2)7-4-8-16(12(14)13(18)19)9-11(17)15(3)10-5-6-10/h10,12H,4-9H2,1-3H3,(H,18,19). The topological polar surface area (TPSA) is 60.9 Å². The molecule has 1 aliphatic heterocycles. The molecule has 0 aromatic heterocycles. The molecule has 2 aliphatic rings. The van der Waals surface area contributed by atoms with Gasteiger partial charge in [0.15, 0.2) is 0 Å². The summed E-state index contributed by atoms with van der Waals surface area (Å²) in [5, 5.41) is 9.45. The maximum atomic E-state index is 12.2. The molecule has 1 saturated carbocycles. The number of amides is 1. The number of aliphatic carboxylic acids is 1. The van der Waals surface area contributed by atoms with Gasteiger partial charge in [0.2, 0.25) is 5.91 Å². The number of carboxylic acid groups (broad SMARTS) is 1. The van der Waals surface area contributed by atoms with E-state index < -0.39 is 12.0 Å². The molecule has 1 atom stereocenters. The Morgan fingerprint density at radius 2 is 2.00 bits per heavy atom. The summed E-state index contributed by atoms with van der Waals surface area (Å²) in [6.07, 6.45) is 4.01. The van der Waals surface area contributed by atoms with Gasteiger partial charge in [0, 0.05) is 13.1 Å². The van der Waals surface area contributed by atoms with E-state index in [-0.39, 0.29) is 17.9 Å². The zero-order chi connectivity index (χ0) is 14.2. The van der Waals surface area contributed by atoms with Gasteiger partial charge >= 0.3 is 5.97 Å². The molecule has 5 heteroatoms. The van der Waals surface area contributed by atoms with Crippen LogP contribution in [0.2, 0.25) is 0 Å². The molecule has 19 heavy (non-hydrogen) atoms. The molecule has 0 bridgehead atoms. The Balaban J connectivity index is 2.04. The van der Waals surface area contributed by atoms with Crippen LogP contribution in [-0.2, 0) is 9.59 Å². The van der Waals surface area contributed by atoms with Gasteiger partial charge in [-0.05, 0) is 37.6 Å². The monoisotopic (exact) mass is 268 g/mol. The Labute approximate surface area is 114 Å². The van der Waals surface area contributed by atoms with Crippen LogP contribution in [0.4, 0.5) is 0 Å². The lowest BCUT2D eigenvalue weighted by atomic mass is 9.76. The van der Waals surface area contributed by atoms with Crippen LogP contribution in [0.3, 0.4) is 0 Å². The molecule has 1 heterocycles. The first kappa shape index (κ1) is 14.3. The number of carbonyl (C=O) groups is 2. The number of hydrogen-bond acceptors (Lipinski definition) is 3. The second-order valence-corrected chi connectivity index (χ2v) is 6.54. The molecule has 0 aromatic rings. The Bertz CT molecular complexity index is 377. The molecular formula is C14H24N2O3. The van der Waals surface area contributed by atoms with Crippen molar-refractivity contribution in [1.29, 1.82) is 0 Å². The average molecular weight is 268 g/mol. The van der Waals surface area contributed by atoms with Gasteiger partial charge in [-0.15, -0.1) is 0 Å². The first-order valence-electron chi connectivity index (χ1n) is 7.05. The second kappa shape index (κ2) is 5.12. The van der Waals surface area contributed by atoms with Crippen molar-refractivity contribution in [3.8, 4) is 0 Å². The molecule has 108 valence electrons. The van der Waals surface area contributed by atoms with E-state index in [1.807, 2.05) is 25.8 Å². The van der Waals surface area contributed by atoms with Gasteiger partial charge in [0.25, 0.3) is 0 Å². The Morgan fingerprint density at radius 3 is 2.53 bits per heavy atom. The smallest absolute Gasteiger partial charge is 0.321 e. The van der Waals surface area contributed by atoms with E-state index in [2.05, 4.69) is 0 Å². The normalized spacial score (nSPS) is 27.0. The third-order valence-electron chi connectivity index (χ3n) is 4.43. The molecule has 5 nitrogen and oxygen atoms in total. The predicted octanol–water partition coefficient (Wildman–Crippen LogP) is 1.18. The van der Waals surface area contributed by atoms with Crippen LogP contribution >= 0.6 is 0 Å². The summed E-state index contributed by atoms with van der Waals surface area (Å²) in [6, 6.07) is -0.175. The van der Waals surface area contributed by atoms with Crippen LogP contribution in [-0.4, -0.2) is 59.0 Å². The maximum absolute atomic E-state index is 12.2. The van der Waals surface area contributed by atoms with Crippen molar-refractivity contribution in [3.05, 3.63) is 0 Å². The molecule has 1 aliphatic carbocycles. The fraction of sp³-hybridized carbons (Fsp3) is 0.857. The van der Waals surface area contributed by atoms with Crippen molar-refractivity contribution in [2.24, 2.45) is 5.41 Å². The molecule has 1 N–H and O–H groups in total. The highest BCUT2D eigenvalue weighted by Gasteiger charge is 2.43. The molecule has 0 spiro atoms. The van der Waals surface area contributed by atoms with E-state index in [1.54, 1.807) is 4.90 Å². The lowest BCUT2D eigenvalue weighted by Gasteiger charge is -2.44. The zero-order valence-electron chi connectivity index (χ0n) is 12.1. The summed E-state index contributed by atoms with van der Waals surface area (Å²) >= 11 is 0. The van der Waals surface area contributed by atoms with E-state index >= 15 is 0 Å². The molecule has 2 fully saturated rings. The van der Waals surface area contributed by atoms with Crippen molar-refractivity contribution in [3.63, 3.8) is 0 Å². The lowest BCUT2D eigenvalue weighted by molar-refractivity contribution is -0.152. The van der Waals surface area contributed by atoms with Crippen molar-refractivity contribution in [2.45, 2.75) is 51.6 Å². The minimum absolute atomic E-state index is 0.0476. The van der Waals surface area contributed by atoms with E-state index in [0.717, 1.165) is 25.7 Å². The minimum Gasteiger partial charge on any atom is -0.480 e. The van der Waals surface area contributed by atoms with Gasteiger partial charge in [-0.1, -0.05) is 13.8 Å². The minimum atomic E-state index is -0.813. The van der Waals surface area contributed by atoms with Gasteiger partial charge in [-0.25, -0.2) is 0 Å². The number of hydrogen-bond donors (Lipinski definition) is 1. The first-order chi connectivity index (χ1) is 8.83. The molecule has 1 saturated heterocycles. The van der Waals surface area contributed by atoms with Crippen LogP contribution in [0, 0.1) is 5.41 Å². The molecular weight excluding hydrogens is 244 g/mol. The number of piperidine rings is 1. The van der Waals surface area contributed by atoms with Crippen LogP contribution in [0.5, 0.6) is 0 Å². The number of rotatable bonds is 4. The first-order valence-corrected chi connectivity index (χ1v) is 7.05. The number of nitrogens with zero attached hydrogens (tertiary/aromatic N) is 2. The van der Waals surface area contributed by atoms with E-state index in [9.17, 15) is 14.7 Å². The average Bonchev–Trinajstić information content (AvgIpc) is 3.09. The van der Waals surface area contributed by atoms with Crippen molar-refractivity contribution >= 4 is 11.9 Å². The summed E-state index contributed by atoms with van der Waals surface area (Å²) in [7, 11) is 1.82. The lowest BCUT2D eigenvalue weighted by Crippen LogP contribution is -2.56. The van der Waals surface area contributed by atoms with Crippen molar-refractivity contribution in [2.75, 3.05) is 20.1 Å². The van der Waals surface area contributed by atoms with Gasteiger partial charge < -0.3 is 10.0 Å². The highest BCUT2D eigenvalue weighted by Crippen LogP contribution is 2.35. The van der Waals surface area contributed by atoms with Crippen LogP contribution in [0.1, 0.15) is 39.5 Å². The molecule has 2 rings (SSSR count). The molecule has 1 amide bonds. The fourth-order valence-corrected chi connectivity index (χ4v) is 3.11. The van der Waals surface area contributed by atoms with Gasteiger partial charge in [0.05, 0.1) is 6.54 Å². The van der Waals surface area contributed by atoms with Crippen LogP contribution in [0.25, 0.3) is 0 Å². The van der Waals surface area contributed by atoms with Gasteiger partial charge in [-0.2, -0.15) is 0 Å². The van der Waals surface area contributed by atoms with E-state index in [4.69, 9.17) is 0 Å². The van der Waals surface area contributed by atoms with Gasteiger partial charge in [-0.3, -0.25) is 14.5 Å².